The number of aromatic nitrogens is 2. The van der Waals surface area contributed by atoms with Crippen LogP contribution in [0.3, 0.4) is 0 Å². The molecule has 1 N–H and O–H groups in total. The molecule has 46 heavy (non-hydrogen) atoms. The van der Waals surface area contributed by atoms with Gasteiger partial charge in [-0.3, -0.25) is 9.80 Å². The summed E-state index contributed by atoms with van der Waals surface area (Å²) in [6.45, 7) is 9.41. The Kier molecular flexibility index (Phi) is 8.96. The molecular formula is C35H41N7O4. The van der Waals surface area contributed by atoms with Gasteiger partial charge in [0.25, 0.3) is 0 Å². The number of likely N-dealkylation sites (N-methyl/N-ethyl adjacent to an activating group) is 1. The number of nitrogens with zero attached hydrogens (tertiary/aromatic N) is 6. The minimum Gasteiger partial charge on any atom is -0.497 e. The molecule has 11 heteroatoms. The largest absolute Gasteiger partial charge is 0.497 e. The Morgan fingerprint density at radius 1 is 0.870 bits per heavy atom. The second-order valence-corrected chi connectivity index (χ2v) is 11.8. The van der Waals surface area contributed by atoms with Crippen LogP contribution in [-0.4, -0.2) is 80.4 Å². The molecule has 0 aliphatic carbocycles. The van der Waals surface area contributed by atoms with Gasteiger partial charge < -0.3 is 24.4 Å². The van der Waals surface area contributed by atoms with Crippen LogP contribution >= 0.6 is 0 Å². The fourth-order valence-electron chi connectivity index (χ4n) is 6.13. The van der Waals surface area contributed by atoms with Gasteiger partial charge in [-0.2, -0.15) is 4.98 Å². The van der Waals surface area contributed by atoms with E-state index in [2.05, 4.69) is 39.3 Å². The van der Waals surface area contributed by atoms with Crippen LogP contribution < -0.4 is 29.3 Å². The molecule has 0 atom stereocenters. The Bertz CT molecular complexity index is 1720. The fraction of sp³-hybridized carbons (Fsp3) is 0.343. The first-order valence-corrected chi connectivity index (χ1v) is 15.4. The topological polar surface area (TPSA) is 95.5 Å². The summed E-state index contributed by atoms with van der Waals surface area (Å²) >= 11 is 0. The highest BCUT2D eigenvalue weighted by Gasteiger charge is 2.37. The van der Waals surface area contributed by atoms with Crippen molar-refractivity contribution >= 4 is 34.9 Å². The van der Waals surface area contributed by atoms with Crippen molar-refractivity contribution in [3.8, 4) is 17.2 Å². The lowest BCUT2D eigenvalue weighted by Crippen LogP contribution is -2.46. The number of nitrogens with one attached hydrogen (secondary N) is 1. The summed E-state index contributed by atoms with van der Waals surface area (Å²) < 4.78 is 17.0. The maximum atomic E-state index is 14.5. The molecule has 2 aliphatic heterocycles. The van der Waals surface area contributed by atoms with Gasteiger partial charge in [0, 0.05) is 50.6 Å². The van der Waals surface area contributed by atoms with E-state index in [-0.39, 0.29) is 6.03 Å². The number of para-hydroxylation sites is 1. The van der Waals surface area contributed by atoms with E-state index in [1.165, 1.54) is 5.56 Å². The molecule has 0 spiro atoms. The molecule has 2 aliphatic rings. The van der Waals surface area contributed by atoms with Crippen LogP contribution in [0, 0.1) is 13.8 Å². The standard InChI is InChI=1S/C35H41N7O4/c1-23-8-7-9-24(2)32(23)41-22-26-20-36-34(38-33(26)42(35(41)43)29-13-11-27(44-4)19-31(29)46-6)37-28-12-10-25(18-30(28)45-5)21-40-16-14-39(3)15-17-40/h7-13,18-20H,14-17,21-22H2,1-6H3,(H,36,37,38). The van der Waals surface area contributed by atoms with Crippen LogP contribution in [0.15, 0.2) is 60.8 Å². The van der Waals surface area contributed by atoms with Gasteiger partial charge in [-0.05, 0) is 61.9 Å². The Hall–Kier alpha value is -4.87. The van der Waals surface area contributed by atoms with Gasteiger partial charge >= 0.3 is 6.03 Å². The number of rotatable bonds is 9. The van der Waals surface area contributed by atoms with Gasteiger partial charge in [0.1, 0.15) is 17.2 Å². The van der Waals surface area contributed by atoms with Gasteiger partial charge in [0.15, 0.2) is 5.82 Å². The number of methoxy groups -OCH3 is 3. The van der Waals surface area contributed by atoms with E-state index in [1.807, 2.05) is 44.2 Å². The predicted molar refractivity (Wildman–Crippen MR) is 180 cm³/mol. The zero-order chi connectivity index (χ0) is 32.4. The van der Waals surface area contributed by atoms with Crippen molar-refractivity contribution in [2.75, 3.05) is 69.7 Å². The first-order chi connectivity index (χ1) is 22.3. The number of ether oxygens (including phenoxy) is 3. The molecule has 11 nitrogen and oxygen atoms in total. The summed E-state index contributed by atoms with van der Waals surface area (Å²) in [5, 5.41) is 3.33. The number of hydrogen-bond acceptors (Lipinski definition) is 9. The molecule has 1 aromatic heterocycles. The molecule has 3 heterocycles. The average molecular weight is 624 g/mol. The Morgan fingerprint density at radius 2 is 1.61 bits per heavy atom. The number of anilines is 5. The highest BCUT2D eigenvalue weighted by Crippen LogP contribution is 2.43. The van der Waals surface area contributed by atoms with Gasteiger partial charge in [-0.15, -0.1) is 0 Å². The molecule has 240 valence electrons. The molecule has 4 aromatic rings. The van der Waals surface area contributed by atoms with Crippen LogP contribution in [0.2, 0.25) is 0 Å². The fourth-order valence-corrected chi connectivity index (χ4v) is 6.13. The number of fused-ring (bicyclic) bond motifs is 1. The summed E-state index contributed by atoms with van der Waals surface area (Å²) in [6, 6.07) is 17.3. The van der Waals surface area contributed by atoms with Crippen LogP contribution in [0.25, 0.3) is 0 Å². The van der Waals surface area contributed by atoms with E-state index in [0.29, 0.717) is 41.2 Å². The van der Waals surface area contributed by atoms with Crippen LogP contribution in [0.1, 0.15) is 22.3 Å². The Labute approximate surface area is 270 Å². The lowest BCUT2D eigenvalue weighted by Gasteiger charge is -2.37. The first-order valence-electron chi connectivity index (χ1n) is 15.4. The lowest BCUT2D eigenvalue weighted by atomic mass is 10.1. The Morgan fingerprint density at radius 3 is 2.30 bits per heavy atom. The van der Waals surface area contributed by atoms with E-state index in [9.17, 15) is 4.79 Å². The molecule has 2 amide bonds. The smallest absolute Gasteiger partial charge is 0.335 e. The maximum Gasteiger partial charge on any atom is 0.335 e. The number of urea groups is 1. The van der Waals surface area contributed by atoms with Crippen molar-refractivity contribution in [1.82, 2.24) is 19.8 Å². The van der Waals surface area contributed by atoms with E-state index >= 15 is 0 Å². The number of carbonyl (C=O) groups excluding carboxylic acids is 1. The third kappa shape index (κ3) is 6.16. The molecule has 1 fully saturated rings. The van der Waals surface area contributed by atoms with Crippen molar-refractivity contribution in [2.24, 2.45) is 0 Å². The van der Waals surface area contributed by atoms with Crippen molar-refractivity contribution in [3.05, 3.63) is 83.0 Å². The van der Waals surface area contributed by atoms with Crippen molar-refractivity contribution in [1.29, 1.82) is 0 Å². The van der Waals surface area contributed by atoms with Crippen molar-refractivity contribution in [2.45, 2.75) is 26.9 Å². The Balaban J connectivity index is 1.36. The molecule has 0 bridgehead atoms. The predicted octanol–water partition coefficient (Wildman–Crippen LogP) is 5.89. The summed E-state index contributed by atoms with van der Waals surface area (Å²) in [6.07, 6.45) is 1.77. The summed E-state index contributed by atoms with van der Waals surface area (Å²) in [5.41, 5.74) is 6.10. The molecular weight excluding hydrogens is 582 g/mol. The van der Waals surface area contributed by atoms with Crippen LogP contribution in [0.5, 0.6) is 17.2 Å². The first kappa shape index (κ1) is 31.1. The normalized spacial score (nSPS) is 15.5. The van der Waals surface area contributed by atoms with Crippen LogP contribution in [-0.2, 0) is 13.1 Å². The average Bonchev–Trinajstić information content (AvgIpc) is 3.06. The van der Waals surface area contributed by atoms with Gasteiger partial charge in [-0.25, -0.2) is 14.7 Å². The second-order valence-electron chi connectivity index (χ2n) is 11.8. The summed E-state index contributed by atoms with van der Waals surface area (Å²) in [4.78, 5) is 32.2. The van der Waals surface area contributed by atoms with Gasteiger partial charge in [0.05, 0.1) is 44.9 Å². The second kappa shape index (κ2) is 13.2. The number of hydrogen-bond donors (Lipinski definition) is 1. The van der Waals surface area contributed by atoms with Gasteiger partial charge in [-0.1, -0.05) is 24.3 Å². The van der Waals surface area contributed by atoms with Crippen molar-refractivity contribution < 1.29 is 19.0 Å². The number of aryl methyl sites for hydroxylation is 2. The van der Waals surface area contributed by atoms with Gasteiger partial charge in [0.2, 0.25) is 5.95 Å². The third-order valence-electron chi connectivity index (χ3n) is 8.66. The zero-order valence-electron chi connectivity index (χ0n) is 27.3. The molecule has 0 unspecified atom stereocenters. The maximum absolute atomic E-state index is 14.5. The molecule has 0 saturated carbocycles. The van der Waals surface area contributed by atoms with E-state index in [1.54, 1.807) is 49.5 Å². The summed E-state index contributed by atoms with van der Waals surface area (Å²) in [7, 11) is 6.99. The highest BCUT2D eigenvalue weighted by atomic mass is 16.5. The van der Waals surface area contributed by atoms with Crippen LogP contribution in [0.4, 0.5) is 33.6 Å². The minimum atomic E-state index is -0.246. The van der Waals surface area contributed by atoms with E-state index in [0.717, 1.165) is 60.8 Å². The summed E-state index contributed by atoms with van der Waals surface area (Å²) in [5.74, 6) is 2.60. The zero-order valence-corrected chi connectivity index (χ0v) is 27.3. The quantitative estimate of drug-likeness (QED) is 0.245. The number of benzene rings is 3. The van der Waals surface area contributed by atoms with E-state index in [4.69, 9.17) is 19.2 Å². The molecule has 6 rings (SSSR count). The molecule has 0 radical (unpaired) electrons. The van der Waals surface area contributed by atoms with Crippen molar-refractivity contribution in [3.63, 3.8) is 0 Å². The minimum absolute atomic E-state index is 0.246. The molecule has 1 saturated heterocycles. The number of carbonyl (C=O) groups is 1. The highest BCUT2D eigenvalue weighted by molar-refractivity contribution is 6.11. The lowest BCUT2D eigenvalue weighted by molar-refractivity contribution is 0.148. The molecule has 3 aromatic carbocycles. The number of amides is 2. The number of piperazine rings is 1. The monoisotopic (exact) mass is 623 g/mol. The SMILES string of the molecule is COc1ccc(N2C(=O)N(c3c(C)cccc3C)Cc3cnc(Nc4ccc(CN5CCN(C)CC5)cc4OC)nc32)c(OC)c1. The third-order valence-corrected chi connectivity index (χ3v) is 8.66. The van der Waals surface area contributed by atoms with E-state index < -0.39 is 0 Å².